The van der Waals surface area contributed by atoms with Crippen molar-refractivity contribution in [3.63, 3.8) is 0 Å². The number of rotatable bonds is 3. The van der Waals surface area contributed by atoms with Crippen LogP contribution in [0.3, 0.4) is 0 Å². The molecule has 0 amide bonds. The summed E-state index contributed by atoms with van der Waals surface area (Å²) >= 11 is 0. The predicted octanol–water partition coefficient (Wildman–Crippen LogP) is 4.87. The van der Waals surface area contributed by atoms with Gasteiger partial charge in [0.2, 0.25) is 0 Å². The van der Waals surface area contributed by atoms with Crippen molar-refractivity contribution < 1.29 is 0 Å². The van der Waals surface area contributed by atoms with Crippen molar-refractivity contribution >= 4 is 0 Å². The molecular formula is C18H22. The molecule has 0 unspecified atom stereocenters. The predicted molar refractivity (Wildman–Crippen MR) is 78.8 cm³/mol. The first-order chi connectivity index (χ1) is 8.53. The number of benzene rings is 2. The van der Waals surface area contributed by atoms with Crippen LogP contribution in [0.2, 0.25) is 0 Å². The van der Waals surface area contributed by atoms with Gasteiger partial charge in [-0.05, 0) is 34.9 Å². The minimum atomic E-state index is 0.362. The van der Waals surface area contributed by atoms with E-state index >= 15 is 0 Å². The largest absolute Gasteiger partial charge is 0.0622 e. The highest BCUT2D eigenvalue weighted by Crippen LogP contribution is 2.21. The molecule has 2 aromatic carbocycles. The maximum absolute atomic E-state index is 2.28. The quantitative estimate of drug-likeness (QED) is 0.716. The second kappa shape index (κ2) is 5.39. The molecule has 0 atom stereocenters. The standard InChI is InChI=1S/C18H22/c1-18(2,3)14-17-11-9-16(10-12-17)13-15-7-5-4-6-8-15/h4-12H,13-14H2,1-3H3. The van der Waals surface area contributed by atoms with E-state index in [0.717, 1.165) is 12.8 Å². The lowest BCUT2D eigenvalue weighted by molar-refractivity contribution is 0.411. The Labute approximate surface area is 111 Å². The van der Waals surface area contributed by atoms with Gasteiger partial charge in [0.05, 0.1) is 0 Å². The number of hydrogen-bond acceptors (Lipinski definition) is 0. The smallest absolute Gasteiger partial charge is 0.00258 e. The van der Waals surface area contributed by atoms with E-state index in [1.54, 1.807) is 0 Å². The molecule has 0 bridgehead atoms. The molecule has 0 nitrogen and oxygen atoms in total. The summed E-state index contributed by atoms with van der Waals surface area (Å²) in [6.45, 7) is 6.85. The summed E-state index contributed by atoms with van der Waals surface area (Å²) in [7, 11) is 0. The Balaban J connectivity index is 2.04. The SMILES string of the molecule is CC(C)(C)Cc1ccc(Cc2ccccc2)cc1. The van der Waals surface area contributed by atoms with Gasteiger partial charge in [-0.2, -0.15) is 0 Å². The van der Waals surface area contributed by atoms with E-state index in [1.807, 2.05) is 0 Å². The molecule has 0 saturated carbocycles. The minimum Gasteiger partial charge on any atom is -0.0622 e. The minimum absolute atomic E-state index is 0.362. The molecule has 0 aliphatic heterocycles. The highest BCUT2D eigenvalue weighted by molar-refractivity contribution is 5.29. The third-order valence-corrected chi connectivity index (χ3v) is 3.01. The molecule has 0 fully saturated rings. The van der Waals surface area contributed by atoms with E-state index in [4.69, 9.17) is 0 Å². The molecule has 0 aliphatic rings. The Morgan fingerprint density at radius 2 is 1.17 bits per heavy atom. The van der Waals surface area contributed by atoms with Crippen LogP contribution < -0.4 is 0 Å². The van der Waals surface area contributed by atoms with Crippen molar-refractivity contribution in [2.24, 2.45) is 5.41 Å². The van der Waals surface area contributed by atoms with Gasteiger partial charge in [0, 0.05) is 0 Å². The average Bonchev–Trinajstić information content (AvgIpc) is 2.31. The summed E-state index contributed by atoms with van der Waals surface area (Å²) < 4.78 is 0. The molecule has 2 aromatic rings. The monoisotopic (exact) mass is 238 g/mol. The fourth-order valence-electron chi connectivity index (χ4n) is 2.22. The summed E-state index contributed by atoms with van der Waals surface area (Å²) in [5.41, 5.74) is 4.56. The molecule has 0 radical (unpaired) electrons. The van der Waals surface area contributed by atoms with Gasteiger partial charge < -0.3 is 0 Å². The van der Waals surface area contributed by atoms with Crippen LogP contribution in [0.4, 0.5) is 0 Å². The van der Waals surface area contributed by atoms with E-state index < -0.39 is 0 Å². The lowest BCUT2D eigenvalue weighted by Gasteiger charge is -2.18. The molecule has 0 heteroatoms. The van der Waals surface area contributed by atoms with Gasteiger partial charge in [0.15, 0.2) is 0 Å². The van der Waals surface area contributed by atoms with Gasteiger partial charge in [0.1, 0.15) is 0 Å². The highest BCUT2D eigenvalue weighted by Gasteiger charge is 2.10. The third-order valence-electron chi connectivity index (χ3n) is 3.01. The fraction of sp³-hybridized carbons (Fsp3) is 0.333. The molecular weight excluding hydrogens is 216 g/mol. The Hall–Kier alpha value is -1.56. The maximum atomic E-state index is 2.28. The Morgan fingerprint density at radius 1 is 0.667 bits per heavy atom. The van der Waals surface area contributed by atoms with Crippen LogP contribution in [0.1, 0.15) is 37.5 Å². The van der Waals surface area contributed by atoms with Crippen LogP contribution in [0.25, 0.3) is 0 Å². The second-order valence-electron chi connectivity index (χ2n) is 6.22. The summed E-state index contributed by atoms with van der Waals surface area (Å²) in [5.74, 6) is 0. The summed E-state index contributed by atoms with van der Waals surface area (Å²) in [6, 6.07) is 19.7. The van der Waals surface area contributed by atoms with Gasteiger partial charge in [-0.15, -0.1) is 0 Å². The van der Waals surface area contributed by atoms with E-state index in [0.29, 0.717) is 5.41 Å². The van der Waals surface area contributed by atoms with Gasteiger partial charge in [-0.1, -0.05) is 75.4 Å². The molecule has 0 aromatic heterocycles. The van der Waals surface area contributed by atoms with E-state index in [2.05, 4.69) is 75.4 Å². The van der Waals surface area contributed by atoms with Crippen molar-refractivity contribution in [1.29, 1.82) is 0 Å². The molecule has 94 valence electrons. The highest BCUT2D eigenvalue weighted by atomic mass is 14.2. The first kappa shape index (κ1) is 12.9. The van der Waals surface area contributed by atoms with Crippen LogP contribution in [-0.4, -0.2) is 0 Å². The molecule has 2 rings (SSSR count). The van der Waals surface area contributed by atoms with E-state index in [9.17, 15) is 0 Å². The molecule has 0 aliphatic carbocycles. The van der Waals surface area contributed by atoms with Crippen molar-refractivity contribution in [2.45, 2.75) is 33.6 Å². The van der Waals surface area contributed by atoms with E-state index in [1.165, 1.54) is 16.7 Å². The van der Waals surface area contributed by atoms with Gasteiger partial charge in [-0.25, -0.2) is 0 Å². The lowest BCUT2D eigenvalue weighted by atomic mass is 9.88. The third kappa shape index (κ3) is 4.03. The van der Waals surface area contributed by atoms with E-state index in [-0.39, 0.29) is 0 Å². The molecule has 18 heavy (non-hydrogen) atoms. The second-order valence-corrected chi connectivity index (χ2v) is 6.22. The van der Waals surface area contributed by atoms with Crippen LogP contribution in [0, 0.1) is 5.41 Å². The zero-order valence-electron chi connectivity index (χ0n) is 11.6. The maximum Gasteiger partial charge on any atom is -0.00258 e. The molecule has 0 N–H and O–H groups in total. The molecule has 0 heterocycles. The van der Waals surface area contributed by atoms with Crippen LogP contribution in [-0.2, 0) is 12.8 Å². The first-order valence-corrected chi connectivity index (χ1v) is 6.65. The average molecular weight is 238 g/mol. The van der Waals surface area contributed by atoms with Crippen LogP contribution in [0.5, 0.6) is 0 Å². The van der Waals surface area contributed by atoms with Gasteiger partial charge in [0.25, 0.3) is 0 Å². The Bertz CT molecular complexity index is 472. The van der Waals surface area contributed by atoms with Crippen molar-refractivity contribution in [3.8, 4) is 0 Å². The van der Waals surface area contributed by atoms with Crippen LogP contribution >= 0.6 is 0 Å². The number of hydrogen-bond donors (Lipinski definition) is 0. The summed E-state index contributed by atoms with van der Waals surface area (Å²) in [5, 5.41) is 0. The van der Waals surface area contributed by atoms with Crippen molar-refractivity contribution in [3.05, 3.63) is 71.3 Å². The first-order valence-electron chi connectivity index (χ1n) is 6.65. The summed E-state index contributed by atoms with van der Waals surface area (Å²) in [6.07, 6.45) is 2.16. The fourth-order valence-corrected chi connectivity index (χ4v) is 2.22. The Kier molecular flexibility index (Phi) is 3.86. The zero-order chi connectivity index (χ0) is 13.0. The normalized spacial score (nSPS) is 11.5. The Morgan fingerprint density at radius 3 is 1.72 bits per heavy atom. The van der Waals surface area contributed by atoms with Crippen molar-refractivity contribution in [2.75, 3.05) is 0 Å². The lowest BCUT2D eigenvalue weighted by Crippen LogP contribution is -2.08. The summed E-state index contributed by atoms with van der Waals surface area (Å²) in [4.78, 5) is 0. The zero-order valence-corrected chi connectivity index (χ0v) is 11.6. The van der Waals surface area contributed by atoms with Gasteiger partial charge >= 0.3 is 0 Å². The van der Waals surface area contributed by atoms with Crippen molar-refractivity contribution in [1.82, 2.24) is 0 Å². The topological polar surface area (TPSA) is 0 Å². The van der Waals surface area contributed by atoms with Crippen LogP contribution in [0.15, 0.2) is 54.6 Å². The molecule has 0 saturated heterocycles. The van der Waals surface area contributed by atoms with Gasteiger partial charge in [-0.3, -0.25) is 0 Å². The molecule has 0 spiro atoms.